The summed E-state index contributed by atoms with van der Waals surface area (Å²) in [5, 5.41) is 3.63. The summed E-state index contributed by atoms with van der Waals surface area (Å²) in [4.78, 5) is 2.40. The van der Waals surface area contributed by atoms with E-state index in [1.54, 1.807) is 0 Å². The Kier molecular flexibility index (Phi) is 8.45. The van der Waals surface area contributed by atoms with E-state index < -0.39 is 0 Å². The highest BCUT2D eigenvalue weighted by Crippen LogP contribution is 2.21. The first-order valence-electron chi connectivity index (χ1n) is 8.03. The molecule has 1 fully saturated rings. The normalized spacial score (nSPS) is 22.7. The molecule has 3 nitrogen and oxygen atoms in total. The molecule has 0 radical (unpaired) electrons. The second kappa shape index (κ2) is 8.68. The Morgan fingerprint density at radius 3 is 2.30 bits per heavy atom. The number of ether oxygens (including phenoxy) is 1. The van der Waals surface area contributed by atoms with Crippen molar-refractivity contribution >= 4 is 0 Å². The first-order chi connectivity index (χ1) is 9.20. The molecule has 0 spiro atoms. The standard InChI is InChI=1S/C15H30N2O.C2H6/c1-11(2)18-12(3)14-9-8-13(16-14)10-17(7)15(4,5)6;1-2/h11,13-14,16H,3,8-10H2,1-2,4-7H3;1-2H3. The van der Waals surface area contributed by atoms with Crippen molar-refractivity contribution in [2.75, 3.05) is 13.6 Å². The second-order valence-corrected chi connectivity index (χ2v) is 6.68. The van der Waals surface area contributed by atoms with E-state index in [2.05, 4.69) is 44.6 Å². The molecule has 1 aliphatic rings. The molecule has 0 bridgehead atoms. The first-order valence-corrected chi connectivity index (χ1v) is 8.03. The number of rotatable bonds is 5. The lowest BCUT2D eigenvalue weighted by molar-refractivity contribution is 0.127. The molecule has 0 aromatic carbocycles. The Labute approximate surface area is 126 Å². The molecule has 0 aliphatic carbocycles. The number of nitrogens with zero attached hydrogens (tertiary/aromatic N) is 1. The van der Waals surface area contributed by atoms with Gasteiger partial charge in [-0.05, 0) is 54.5 Å². The highest BCUT2D eigenvalue weighted by Gasteiger charge is 2.29. The molecule has 1 heterocycles. The highest BCUT2D eigenvalue weighted by atomic mass is 16.5. The Bertz CT molecular complexity index is 281. The van der Waals surface area contributed by atoms with Gasteiger partial charge in [0.2, 0.25) is 0 Å². The van der Waals surface area contributed by atoms with Gasteiger partial charge in [-0.3, -0.25) is 4.90 Å². The summed E-state index contributed by atoms with van der Waals surface area (Å²) in [6, 6.07) is 0.873. The van der Waals surface area contributed by atoms with Crippen molar-refractivity contribution in [2.45, 2.75) is 85.0 Å². The second-order valence-electron chi connectivity index (χ2n) is 6.68. The monoisotopic (exact) mass is 284 g/mol. The lowest BCUT2D eigenvalue weighted by Gasteiger charge is -2.34. The maximum absolute atomic E-state index is 5.68. The third-order valence-corrected chi connectivity index (χ3v) is 3.66. The van der Waals surface area contributed by atoms with Gasteiger partial charge in [-0.1, -0.05) is 20.4 Å². The molecule has 1 rings (SSSR count). The van der Waals surface area contributed by atoms with Crippen LogP contribution in [0.15, 0.2) is 12.3 Å². The van der Waals surface area contributed by atoms with Crippen LogP contribution in [0.2, 0.25) is 0 Å². The van der Waals surface area contributed by atoms with Crippen LogP contribution in [0.4, 0.5) is 0 Å². The topological polar surface area (TPSA) is 24.5 Å². The minimum absolute atomic E-state index is 0.218. The van der Waals surface area contributed by atoms with E-state index >= 15 is 0 Å². The summed E-state index contributed by atoms with van der Waals surface area (Å²) in [5.74, 6) is 0.894. The Morgan fingerprint density at radius 2 is 1.85 bits per heavy atom. The van der Waals surface area contributed by atoms with Gasteiger partial charge in [-0.25, -0.2) is 0 Å². The van der Waals surface area contributed by atoms with Crippen LogP contribution in [0.5, 0.6) is 0 Å². The fourth-order valence-electron chi connectivity index (χ4n) is 2.21. The molecule has 1 N–H and O–H groups in total. The zero-order valence-electron chi connectivity index (χ0n) is 14.9. The van der Waals surface area contributed by atoms with Crippen LogP contribution >= 0.6 is 0 Å². The van der Waals surface area contributed by atoms with Crippen LogP contribution < -0.4 is 5.32 Å². The summed E-state index contributed by atoms with van der Waals surface area (Å²) in [5.41, 5.74) is 0.227. The van der Waals surface area contributed by atoms with Crippen LogP contribution in [-0.4, -0.2) is 42.2 Å². The van der Waals surface area contributed by atoms with Gasteiger partial charge in [-0.15, -0.1) is 0 Å². The minimum Gasteiger partial charge on any atom is -0.494 e. The van der Waals surface area contributed by atoms with Gasteiger partial charge in [0, 0.05) is 18.1 Å². The summed E-state index contributed by atoms with van der Waals surface area (Å²) in [6.45, 7) is 20.0. The molecule has 20 heavy (non-hydrogen) atoms. The first kappa shape index (κ1) is 19.5. The predicted octanol–water partition coefficient (Wildman–Crippen LogP) is 3.80. The maximum atomic E-state index is 5.68. The predicted molar refractivity (Wildman–Crippen MR) is 89.0 cm³/mol. The highest BCUT2D eigenvalue weighted by molar-refractivity contribution is 5.03. The van der Waals surface area contributed by atoms with Gasteiger partial charge in [0.05, 0.1) is 12.1 Å². The molecular formula is C17H36N2O. The molecule has 0 aromatic heterocycles. The van der Waals surface area contributed by atoms with E-state index in [1.165, 1.54) is 6.42 Å². The summed E-state index contributed by atoms with van der Waals surface area (Å²) in [7, 11) is 2.19. The van der Waals surface area contributed by atoms with Gasteiger partial charge in [-0.2, -0.15) is 0 Å². The van der Waals surface area contributed by atoms with Crippen LogP contribution in [0.3, 0.4) is 0 Å². The van der Waals surface area contributed by atoms with Crippen LogP contribution in [0.1, 0.15) is 61.3 Å². The van der Waals surface area contributed by atoms with Crippen LogP contribution in [0, 0.1) is 0 Å². The SMILES string of the molecule is C=C(OC(C)C)C1CCC(CN(C)C(C)(C)C)N1.CC. The van der Waals surface area contributed by atoms with E-state index in [-0.39, 0.29) is 11.6 Å². The molecule has 2 unspecified atom stereocenters. The Balaban J connectivity index is 0.00000172. The lowest BCUT2D eigenvalue weighted by atomic mass is 10.1. The number of nitrogens with one attached hydrogen (secondary N) is 1. The van der Waals surface area contributed by atoms with E-state index in [0.29, 0.717) is 12.1 Å². The fraction of sp³-hybridized carbons (Fsp3) is 0.882. The zero-order valence-corrected chi connectivity index (χ0v) is 14.9. The van der Waals surface area contributed by atoms with Crippen LogP contribution in [-0.2, 0) is 4.74 Å². The van der Waals surface area contributed by atoms with Gasteiger partial charge in [0.25, 0.3) is 0 Å². The third-order valence-electron chi connectivity index (χ3n) is 3.66. The molecule has 0 saturated carbocycles. The summed E-state index contributed by atoms with van der Waals surface area (Å²) in [6.07, 6.45) is 2.55. The van der Waals surface area contributed by atoms with E-state index in [1.807, 2.05) is 27.7 Å². The smallest absolute Gasteiger partial charge is 0.106 e. The van der Waals surface area contributed by atoms with Crippen molar-refractivity contribution in [1.82, 2.24) is 10.2 Å². The number of likely N-dealkylation sites (N-methyl/N-ethyl adjacent to an activating group) is 1. The van der Waals surface area contributed by atoms with Crippen molar-refractivity contribution in [1.29, 1.82) is 0 Å². The van der Waals surface area contributed by atoms with E-state index in [4.69, 9.17) is 4.74 Å². The zero-order chi connectivity index (χ0) is 15.9. The fourth-order valence-corrected chi connectivity index (χ4v) is 2.21. The van der Waals surface area contributed by atoms with Crippen molar-refractivity contribution in [3.63, 3.8) is 0 Å². The molecule has 3 heteroatoms. The molecule has 120 valence electrons. The van der Waals surface area contributed by atoms with Gasteiger partial charge >= 0.3 is 0 Å². The van der Waals surface area contributed by atoms with E-state index in [9.17, 15) is 0 Å². The van der Waals surface area contributed by atoms with Crippen molar-refractivity contribution < 1.29 is 4.74 Å². The Morgan fingerprint density at radius 1 is 1.30 bits per heavy atom. The van der Waals surface area contributed by atoms with Crippen molar-refractivity contribution in [3.05, 3.63) is 12.3 Å². The third kappa shape index (κ3) is 6.76. The average Bonchev–Trinajstić information content (AvgIpc) is 2.78. The molecule has 2 atom stereocenters. The molecule has 1 aliphatic heterocycles. The van der Waals surface area contributed by atoms with Crippen molar-refractivity contribution in [3.8, 4) is 0 Å². The maximum Gasteiger partial charge on any atom is 0.106 e. The molecule has 0 amide bonds. The number of hydrogen-bond donors (Lipinski definition) is 1. The minimum atomic E-state index is 0.218. The van der Waals surface area contributed by atoms with Crippen LogP contribution in [0.25, 0.3) is 0 Å². The molecular weight excluding hydrogens is 248 g/mol. The van der Waals surface area contributed by atoms with Gasteiger partial charge in [0.1, 0.15) is 5.76 Å². The van der Waals surface area contributed by atoms with E-state index in [0.717, 1.165) is 18.7 Å². The Hall–Kier alpha value is -0.540. The molecule has 0 aromatic rings. The lowest BCUT2D eigenvalue weighted by Crippen LogP contribution is -2.46. The number of hydrogen-bond acceptors (Lipinski definition) is 3. The van der Waals surface area contributed by atoms with Crippen molar-refractivity contribution in [2.24, 2.45) is 0 Å². The largest absolute Gasteiger partial charge is 0.494 e. The average molecular weight is 284 g/mol. The van der Waals surface area contributed by atoms with Gasteiger partial charge in [0.15, 0.2) is 0 Å². The summed E-state index contributed by atoms with van der Waals surface area (Å²) >= 11 is 0. The quantitative estimate of drug-likeness (QED) is 0.777. The van der Waals surface area contributed by atoms with Gasteiger partial charge < -0.3 is 10.1 Å². The molecule has 1 saturated heterocycles. The summed E-state index contributed by atoms with van der Waals surface area (Å²) < 4.78 is 5.68.